The highest BCUT2D eigenvalue weighted by molar-refractivity contribution is 7.97. The van der Waals surface area contributed by atoms with E-state index >= 15 is 0 Å². The first-order valence-electron chi connectivity index (χ1n) is 9.23. The second kappa shape index (κ2) is 16.2. The van der Waals surface area contributed by atoms with Crippen molar-refractivity contribution in [3.05, 3.63) is 0 Å². The zero-order valence-corrected chi connectivity index (χ0v) is 15.8. The molecule has 0 aliphatic rings. The van der Waals surface area contributed by atoms with Gasteiger partial charge in [0.15, 0.2) is 0 Å². The normalized spacial score (nSPS) is 11.9. The third-order valence-corrected chi connectivity index (χ3v) is 4.89. The molecule has 0 bridgehead atoms. The Kier molecular flexibility index (Phi) is 16.1. The molecule has 126 valence electrons. The van der Waals surface area contributed by atoms with E-state index in [1.54, 1.807) is 0 Å². The van der Waals surface area contributed by atoms with Crippen molar-refractivity contribution < 1.29 is 0 Å². The monoisotopic (exact) mass is 314 g/mol. The van der Waals surface area contributed by atoms with Crippen molar-refractivity contribution in [1.29, 1.82) is 0 Å². The van der Waals surface area contributed by atoms with E-state index in [1.165, 1.54) is 69.4 Å². The van der Waals surface area contributed by atoms with Crippen molar-refractivity contribution in [2.75, 3.05) is 18.8 Å². The molecule has 0 aliphatic carbocycles. The molecule has 0 aliphatic heterocycles. The van der Waals surface area contributed by atoms with Gasteiger partial charge in [-0.3, -0.25) is 4.99 Å². The molecule has 0 aromatic heterocycles. The van der Waals surface area contributed by atoms with Crippen molar-refractivity contribution >= 4 is 17.8 Å². The highest BCUT2D eigenvalue weighted by Crippen LogP contribution is 2.17. The maximum atomic E-state index is 4.66. The van der Waals surface area contributed by atoms with E-state index in [1.807, 2.05) is 11.9 Å². The number of unbranched alkanes of at least 4 members (excludes halogenated alkanes) is 7. The minimum absolute atomic E-state index is 0.907. The van der Waals surface area contributed by atoms with Gasteiger partial charge in [-0.2, -0.15) is 0 Å². The van der Waals surface area contributed by atoms with Crippen molar-refractivity contribution in [3.63, 3.8) is 0 Å². The predicted molar refractivity (Wildman–Crippen MR) is 100 cm³/mol. The summed E-state index contributed by atoms with van der Waals surface area (Å²) < 4.78 is 2.41. The van der Waals surface area contributed by atoms with Gasteiger partial charge < -0.3 is 4.31 Å². The minimum atomic E-state index is 0.907. The van der Waals surface area contributed by atoms with Crippen LogP contribution in [-0.4, -0.2) is 29.0 Å². The Bertz CT molecular complexity index is 241. The van der Waals surface area contributed by atoms with Crippen LogP contribution < -0.4 is 0 Å². The Morgan fingerprint density at radius 3 is 1.95 bits per heavy atom. The van der Waals surface area contributed by atoms with Crippen LogP contribution in [0.2, 0.25) is 0 Å². The molecule has 0 rings (SSSR count). The molecule has 0 heterocycles. The number of rotatable bonds is 14. The second-order valence-electron chi connectivity index (χ2n) is 5.64. The van der Waals surface area contributed by atoms with Gasteiger partial charge in [0.05, 0.1) is 0 Å². The van der Waals surface area contributed by atoms with Crippen LogP contribution in [-0.2, 0) is 0 Å². The number of amidine groups is 1. The lowest BCUT2D eigenvalue weighted by Gasteiger charge is -2.23. The van der Waals surface area contributed by atoms with Crippen LogP contribution in [0.5, 0.6) is 0 Å². The SMILES string of the molecule is CCCCCCCCCCSN(CC)C(CCC)=NCC. The van der Waals surface area contributed by atoms with Gasteiger partial charge in [-0.25, -0.2) is 0 Å². The lowest BCUT2D eigenvalue weighted by Crippen LogP contribution is -2.24. The first-order valence-corrected chi connectivity index (χ1v) is 10.2. The van der Waals surface area contributed by atoms with Crippen LogP contribution in [0.4, 0.5) is 0 Å². The molecule has 0 saturated heterocycles. The van der Waals surface area contributed by atoms with Crippen LogP contribution >= 0.6 is 11.9 Å². The Labute approximate surface area is 138 Å². The average Bonchev–Trinajstić information content (AvgIpc) is 2.49. The first-order chi connectivity index (χ1) is 10.3. The standard InChI is InChI=1S/C18H38N2S/c1-5-9-10-11-12-13-14-15-17-21-20(8-4)18(16-6-2)19-7-3/h5-17H2,1-4H3. The van der Waals surface area contributed by atoms with Crippen molar-refractivity contribution in [2.24, 2.45) is 4.99 Å². The van der Waals surface area contributed by atoms with E-state index in [-0.39, 0.29) is 0 Å². The fraction of sp³-hybridized carbons (Fsp3) is 0.944. The minimum Gasteiger partial charge on any atom is -0.305 e. The van der Waals surface area contributed by atoms with Crippen LogP contribution in [0, 0.1) is 0 Å². The van der Waals surface area contributed by atoms with Gasteiger partial charge in [0, 0.05) is 25.3 Å². The van der Waals surface area contributed by atoms with Crippen LogP contribution in [0.1, 0.15) is 91.9 Å². The molecule has 0 atom stereocenters. The smallest absolute Gasteiger partial charge is 0.109 e. The molecule has 21 heavy (non-hydrogen) atoms. The molecule has 3 heteroatoms. The predicted octanol–water partition coefficient (Wildman–Crippen LogP) is 6.32. The number of hydrogen-bond donors (Lipinski definition) is 0. The zero-order valence-electron chi connectivity index (χ0n) is 15.0. The number of nitrogens with zero attached hydrogens (tertiary/aromatic N) is 2. The summed E-state index contributed by atoms with van der Waals surface area (Å²) in [4.78, 5) is 4.66. The van der Waals surface area contributed by atoms with Crippen LogP contribution in [0.3, 0.4) is 0 Å². The summed E-state index contributed by atoms with van der Waals surface area (Å²) in [5.74, 6) is 2.54. The summed E-state index contributed by atoms with van der Waals surface area (Å²) in [6.07, 6.45) is 13.5. The van der Waals surface area contributed by atoms with E-state index in [4.69, 9.17) is 0 Å². The Morgan fingerprint density at radius 1 is 0.810 bits per heavy atom. The van der Waals surface area contributed by atoms with E-state index in [0.29, 0.717) is 0 Å². The van der Waals surface area contributed by atoms with Crippen molar-refractivity contribution in [1.82, 2.24) is 4.31 Å². The van der Waals surface area contributed by atoms with E-state index in [0.717, 1.165) is 19.5 Å². The van der Waals surface area contributed by atoms with E-state index in [2.05, 4.69) is 37.0 Å². The Morgan fingerprint density at radius 2 is 1.43 bits per heavy atom. The fourth-order valence-electron chi connectivity index (χ4n) is 2.45. The molecule has 0 amide bonds. The molecule has 2 nitrogen and oxygen atoms in total. The summed E-state index contributed by atoms with van der Waals surface area (Å²) in [6.45, 7) is 10.9. The average molecular weight is 315 g/mol. The number of hydrogen-bond acceptors (Lipinski definition) is 2. The van der Waals surface area contributed by atoms with Gasteiger partial charge in [0.25, 0.3) is 0 Å². The van der Waals surface area contributed by atoms with Crippen molar-refractivity contribution in [3.8, 4) is 0 Å². The molecule has 0 N–H and O–H groups in total. The van der Waals surface area contributed by atoms with Crippen LogP contribution in [0.15, 0.2) is 4.99 Å². The number of aliphatic imine (C=N–C) groups is 1. The summed E-state index contributed by atoms with van der Waals surface area (Å²) in [7, 11) is 0. The maximum Gasteiger partial charge on any atom is 0.109 e. The van der Waals surface area contributed by atoms with E-state index < -0.39 is 0 Å². The molecule has 0 radical (unpaired) electrons. The summed E-state index contributed by atoms with van der Waals surface area (Å²) >= 11 is 1.98. The van der Waals surface area contributed by atoms with Gasteiger partial charge in [0.1, 0.15) is 5.84 Å². The van der Waals surface area contributed by atoms with Gasteiger partial charge in [-0.1, -0.05) is 58.8 Å². The quantitative estimate of drug-likeness (QED) is 0.161. The fourth-order valence-corrected chi connectivity index (χ4v) is 3.48. The molecule has 0 aromatic rings. The van der Waals surface area contributed by atoms with E-state index in [9.17, 15) is 0 Å². The van der Waals surface area contributed by atoms with Crippen LogP contribution in [0.25, 0.3) is 0 Å². The molecule has 0 saturated carbocycles. The highest BCUT2D eigenvalue weighted by atomic mass is 32.2. The zero-order chi connectivity index (χ0) is 15.8. The molecular formula is C18H38N2S. The second-order valence-corrected chi connectivity index (χ2v) is 6.75. The lowest BCUT2D eigenvalue weighted by molar-refractivity contribution is 0.585. The summed E-state index contributed by atoms with van der Waals surface area (Å²) in [5, 5.41) is 0. The van der Waals surface area contributed by atoms with Crippen molar-refractivity contribution in [2.45, 2.75) is 91.9 Å². The molecular weight excluding hydrogens is 276 g/mol. The first kappa shape index (κ1) is 20.8. The molecule has 0 fully saturated rings. The topological polar surface area (TPSA) is 15.6 Å². The molecule has 0 aromatic carbocycles. The Hall–Kier alpha value is -0.180. The molecule has 0 unspecified atom stereocenters. The van der Waals surface area contributed by atoms with Gasteiger partial charge >= 0.3 is 0 Å². The highest BCUT2D eigenvalue weighted by Gasteiger charge is 2.08. The van der Waals surface area contributed by atoms with Gasteiger partial charge in [0.2, 0.25) is 0 Å². The summed E-state index contributed by atoms with van der Waals surface area (Å²) in [6, 6.07) is 0. The molecule has 0 spiro atoms. The Balaban J connectivity index is 3.69. The lowest BCUT2D eigenvalue weighted by atomic mass is 10.1. The third-order valence-electron chi connectivity index (χ3n) is 3.63. The van der Waals surface area contributed by atoms with Gasteiger partial charge in [-0.05, 0) is 38.6 Å². The maximum absolute atomic E-state index is 4.66. The van der Waals surface area contributed by atoms with Gasteiger partial charge in [-0.15, -0.1) is 0 Å². The third kappa shape index (κ3) is 12.1. The largest absolute Gasteiger partial charge is 0.305 e. The summed E-state index contributed by atoms with van der Waals surface area (Å²) in [5.41, 5.74) is 0.